The Balaban J connectivity index is 0.000000164. The smallest absolute Gasteiger partial charge is 0.189 e. The first kappa shape index (κ1) is 49.8. The zero-order chi connectivity index (χ0) is 45.6. The summed E-state index contributed by atoms with van der Waals surface area (Å²) in [6.07, 6.45) is 14.9. The number of benzene rings is 6. The second kappa shape index (κ2) is 26.6. The third-order valence-corrected chi connectivity index (χ3v) is 9.75. The second-order valence-corrected chi connectivity index (χ2v) is 14.4. The van der Waals surface area contributed by atoms with Crippen molar-refractivity contribution in [3.63, 3.8) is 0 Å². The van der Waals surface area contributed by atoms with Gasteiger partial charge in [-0.3, -0.25) is 24.4 Å². The van der Waals surface area contributed by atoms with Crippen molar-refractivity contribution in [3.8, 4) is 0 Å². The Kier molecular flexibility index (Phi) is 20.1. The van der Waals surface area contributed by atoms with Gasteiger partial charge in [0, 0.05) is 124 Å². The van der Waals surface area contributed by atoms with Crippen LogP contribution in [0.1, 0.15) is 50.2 Å². The van der Waals surface area contributed by atoms with Gasteiger partial charge in [-0.25, -0.2) is 0 Å². The van der Waals surface area contributed by atoms with E-state index >= 15 is 0 Å². The average Bonchev–Trinajstić information content (AvgIpc) is 3.38. The number of hydrogen-bond acceptors (Lipinski definition) is 8. The van der Waals surface area contributed by atoms with Crippen molar-refractivity contribution in [3.05, 3.63) is 270 Å². The first-order chi connectivity index (χ1) is 31.8. The van der Waals surface area contributed by atoms with Gasteiger partial charge in [0.2, 0.25) is 0 Å². The number of aliphatic hydroxyl groups is 3. The summed E-state index contributed by atoms with van der Waals surface area (Å²) < 4.78 is 0. The van der Waals surface area contributed by atoms with Gasteiger partial charge in [0.15, 0.2) is 17.3 Å². The van der Waals surface area contributed by atoms with Crippen molar-refractivity contribution >= 4 is 56.4 Å². The molecule has 2 heterocycles. The van der Waals surface area contributed by atoms with Crippen LogP contribution < -0.4 is 0 Å². The van der Waals surface area contributed by atoms with Crippen LogP contribution in [0.4, 0.5) is 0 Å². The predicted molar refractivity (Wildman–Crippen MR) is 261 cm³/mol. The molecule has 327 valence electrons. The van der Waals surface area contributed by atoms with Crippen LogP contribution in [0, 0.1) is 49.4 Å². The molecule has 0 spiro atoms. The van der Waals surface area contributed by atoms with Crippen LogP contribution >= 0.6 is 0 Å². The third-order valence-electron chi connectivity index (χ3n) is 9.75. The summed E-state index contributed by atoms with van der Waals surface area (Å²) in [5, 5.41) is 31.7. The van der Waals surface area contributed by atoms with Crippen molar-refractivity contribution in [1.29, 1.82) is 0 Å². The summed E-state index contributed by atoms with van der Waals surface area (Å²) in [6, 6.07) is 56.9. The normalized spacial score (nSPS) is 12.1. The van der Waals surface area contributed by atoms with E-state index in [4.69, 9.17) is 0 Å². The molecule has 0 bridgehead atoms. The van der Waals surface area contributed by atoms with E-state index in [9.17, 15) is 29.7 Å². The standard InChI is InChI=1S/C15H14O2.2C15H12O2.C12H8N2.Eu/c3*16-14(12-7-3-1-4-8-12)11-15(17)13-9-5-2-6-10-13;1-3-9-5-6-10-4-2-8-14-12(10)11(9)13-7-1;/h1,3-5,7-11,16H,2,6H2;2*1-11,16H;1-8H;/b3*14-11-;;. The Morgan fingerprint density at radius 3 is 1.06 bits per heavy atom. The summed E-state index contributed by atoms with van der Waals surface area (Å²) in [5.41, 5.74) is 5.66. The molecule has 9 heteroatoms. The van der Waals surface area contributed by atoms with Crippen molar-refractivity contribution in [2.24, 2.45) is 0 Å². The molecule has 0 fully saturated rings. The monoisotopic (exact) mass is 1010 g/mol. The van der Waals surface area contributed by atoms with Crippen LogP contribution in [0.5, 0.6) is 0 Å². The van der Waals surface area contributed by atoms with Crippen molar-refractivity contribution in [2.75, 3.05) is 0 Å². The first-order valence-corrected chi connectivity index (χ1v) is 20.8. The minimum atomic E-state index is -0.202. The molecule has 9 rings (SSSR count). The molecule has 0 atom stereocenters. The molecule has 66 heavy (non-hydrogen) atoms. The van der Waals surface area contributed by atoms with E-state index < -0.39 is 0 Å². The summed E-state index contributed by atoms with van der Waals surface area (Å²) >= 11 is 0. The number of ketones is 3. The molecule has 6 aromatic carbocycles. The Morgan fingerprint density at radius 2 is 0.727 bits per heavy atom. The summed E-state index contributed by atoms with van der Waals surface area (Å²) in [4.78, 5) is 44.1. The quantitative estimate of drug-likeness (QED) is 0.0563. The number of rotatable bonds is 9. The predicted octanol–water partition coefficient (Wildman–Crippen LogP) is 13.2. The van der Waals surface area contributed by atoms with E-state index in [1.165, 1.54) is 18.2 Å². The molecule has 1 radical (unpaired) electrons. The first-order valence-electron chi connectivity index (χ1n) is 20.8. The van der Waals surface area contributed by atoms with Gasteiger partial charge in [0.25, 0.3) is 0 Å². The molecular formula is C57H46EuN2O6. The SMILES string of the molecule is O=C(/C=C(\O)c1ccccc1)C1=CCCC=C1.O=C(/C=C(\O)c1ccccc1)c1ccccc1.O=C(/C=C(\O)c1ccccc1)c1ccccc1.[Eu].c1cnc2c(c1)ccc1cccnc12. The van der Waals surface area contributed by atoms with Crippen LogP contribution in [0.3, 0.4) is 0 Å². The number of aliphatic hydroxyl groups excluding tert-OH is 3. The number of pyridine rings is 2. The molecule has 0 amide bonds. The van der Waals surface area contributed by atoms with Gasteiger partial charge in [-0.2, -0.15) is 0 Å². The average molecular weight is 1010 g/mol. The summed E-state index contributed by atoms with van der Waals surface area (Å²) in [7, 11) is 0. The number of allylic oxidation sites excluding steroid dienone is 7. The van der Waals surface area contributed by atoms with Gasteiger partial charge in [0.05, 0.1) is 11.0 Å². The van der Waals surface area contributed by atoms with Crippen molar-refractivity contribution in [1.82, 2.24) is 9.97 Å². The number of carbonyl (C=O) groups is 3. The van der Waals surface area contributed by atoms with E-state index in [1.54, 1.807) is 103 Å². The molecule has 0 aliphatic heterocycles. The van der Waals surface area contributed by atoms with Gasteiger partial charge < -0.3 is 15.3 Å². The fraction of sp³-hybridized carbons (Fsp3) is 0.0351. The van der Waals surface area contributed by atoms with Gasteiger partial charge in [-0.15, -0.1) is 0 Å². The number of hydrogen-bond donors (Lipinski definition) is 3. The number of nitrogens with zero attached hydrogens (tertiary/aromatic N) is 2. The maximum absolute atomic E-state index is 11.8. The molecule has 0 unspecified atom stereocenters. The minimum absolute atomic E-state index is 0. The van der Waals surface area contributed by atoms with E-state index in [2.05, 4.69) is 34.2 Å². The molecule has 8 aromatic rings. The van der Waals surface area contributed by atoms with Crippen LogP contribution in [0.2, 0.25) is 0 Å². The molecule has 0 saturated carbocycles. The number of carbonyl (C=O) groups excluding carboxylic acids is 3. The Hall–Kier alpha value is -7.17. The van der Waals surface area contributed by atoms with E-state index in [0.717, 1.165) is 34.6 Å². The molecule has 2 aromatic heterocycles. The van der Waals surface area contributed by atoms with E-state index in [-0.39, 0.29) is 84.0 Å². The van der Waals surface area contributed by atoms with Gasteiger partial charge in [-0.1, -0.05) is 194 Å². The molecular weight excluding hydrogens is 961 g/mol. The zero-order valence-electron chi connectivity index (χ0n) is 35.8. The molecule has 3 N–H and O–H groups in total. The Bertz CT molecular complexity index is 2830. The molecule has 1 aliphatic carbocycles. The topological polar surface area (TPSA) is 138 Å². The van der Waals surface area contributed by atoms with Gasteiger partial charge >= 0.3 is 0 Å². The number of aromatic nitrogens is 2. The zero-order valence-corrected chi connectivity index (χ0v) is 38.2. The molecule has 8 nitrogen and oxygen atoms in total. The van der Waals surface area contributed by atoms with E-state index in [1.807, 2.05) is 91.0 Å². The third kappa shape index (κ3) is 15.2. The fourth-order valence-corrected chi connectivity index (χ4v) is 6.38. The molecule has 1 aliphatic rings. The Labute approximate surface area is 424 Å². The Morgan fingerprint density at radius 1 is 0.394 bits per heavy atom. The van der Waals surface area contributed by atoms with Gasteiger partial charge in [0.1, 0.15) is 17.3 Å². The minimum Gasteiger partial charge on any atom is -0.507 e. The van der Waals surface area contributed by atoms with Crippen LogP contribution in [-0.4, -0.2) is 42.6 Å². The van der Waals surface area contributed by atoms with Crippen LogP contribution in [-0.2, 0) is 4.79 Å². The van der Waals surface area contributed by atoms with E-state index in [0.29, 0.717) is 33.4 Å². The van der Waals surface area contributed by atoms with Gasteiger partial charge in [-0.05, 0) is 25.0 Å². The maximum Gasteiger partial charge on any atom is 0.189 e. The molecule has 0 saturated heterocycles. The maximum atomic E-state index is 11.8. The van der Waals surface area contributed by atoms with Crippen molar-refractivity contribution < 1.29 is 79.1 Å². The van der Waals surface area contributed by atoms with Crippen LogP contribution in [0.15, 0.2) is 242 Å². The second-order valence-electron chi connectivity index (χ2n) is 14.4. The summed E-state index contributed by atoms with van der Waals surface area (Å²) in [5.74, 6) is -0.574. The summed E-state index contributed by atoms with van der Waals surface area (Å²) in [6.45, 7) is 0. The fourth-order valence-electron chi connectivity index (χ4n) is 6.38. The van der Waals surface area contributed by atoms with Crippen molar-refractivity contribution in [2.45, 2.75) is 12.8 Å². The van der Waals surface area contributed by atoms with Crippen LogP contribution in [0.25, 0.3) is 39.1 Å². The largest absolute Gasteiger partial charge is 0.507 e. The number of fused-ring (bicyclic) bond motifs is 3.